The second-order valence-electron chi connectivity index (χ2n) is 6.83. The molecule has 3 rings (SSSR count). The lowest BCUT2D eigenvalue weighted by Crippen LogP contribution is -2.56. The van der Waals surface area contributed by atoms with Crippen molar-refractivity contribution in [1.82, 2.24) is 20.5 Å². The molecular formula is C18H27N5O2. The van der Waals surface area contributed by atoms with Gasteiger partial charge in [0.1, 0.15) is 5.82 Å². The van der Waals surface area contributed by atoms with Gasteiger partial charge in [-0.05, 0) is 31.9 Å². The Kier molecular flexibility index (Phi) is 5.86. The van der Waals surface area contributed by atoms with E-state index in [1.165, 1.54) is 0 Å². The summed E-state index contributed by atoms with van der Waals surface area (Å²) in [5.41, 5.74) is 0. The molecule has 7 nitrogen and oxygen atoms in total. The molecule has 136 valence electrons. The highest BCUT2D eigenvalue weighted by molar-refractivity contribution is 5.96. The molecule has 2 aliphatic rings. The first kappa shape index (κ1) is 17.7. The van der Waals surface area contributed by atoms with E-state index in [4.69, 9.17) is 0 Å². The van der Waals surface area contributed by atoms with Crippen LogP contribution in [-0.2, 0) is 4.79 Å². The second-order valence-corrected chi connectivity index (χ2v) is 6.83. The van der Waals surface area contributed by atoms with E-state index in [0.29, 0.717) is 0 Å². The molecule has 1 saturated heterocycles. The van der Waals surface area contributed by atoms with Gasteiger partial charge in [0.25, 0.3) is 0 Å². The molecule has 7 heteroatoms. The molecule has 0 unspecified atom stereocenters. The third-order valence-electron chi connectivity index (χ3n) is 5.14. The Balaban J connectivity index is 1.44. The van der Waals surface area contributed by atoms with Crippen LogP contribution >= 0.6 is 0 Å². The van der Waals surface area contributed by atoms with E-state index in [-0.39, 0.29) is 24.0 Å². The number of hydrogen-bond donors (Lipinski definition) is 2. The molecule has 1 aliphatic carbocycles. The molecule has 0 spiro atoms. The lowest BCUT2D eigenvalue weighted by molar-refractivity contribution is -0.124. The summed E-state index contributed by atoms with van der Waals surface area (Å²) in [4.78, 5) is 33.0. The van der Waals surface area contributed by atoms with Crippen molar-refractivity contribution in [3.8, 4) is 0 Å². The van der Waals surface area contributed by atoms with Gasteiger partial charge in [-0.15, -0.1) is 0 Å². The van der Waals surface area contributed by atoms with E-state index < -0.39 is 0 Å². The van der Waals surface area contributed by atoms with E-state index in [2.05, 4.69) is 25.4 Å². The van der Waals surface area contributed by atoms with Crippen LogP contribution in [0.15, 0.2) is 24.4 Å². The summed E-state index contributed by atoms with van der Waals surface area (Å²) >= 11 is 0. The van der Waals surface area contributed by atoms with Crippen LogP contribution in [0.2, 0.25) is 0 Å². The van der Waals surface area contributed by atoms with Crippen molar-refractivity contribution in [1.29, 1.82) is 0 Å². The highest BCUT2D eigenvalue weighted by Gasteiger charge is 2.27. The predicted octanol–water partition coefficient (Wildman–Crippen LogP) is 1.36. The number of urea groups is 1. The van der Waals surface area contributed by atoms with E-state index in [1.807, 2.05) is 25.1 Å². The van der Waals surface area contributed by atoms with Crippen LogP contribution in [0.25, 0.3) is 0 Å². The lowest BCUT2D eigenvalue weighted by Gasteiger charge is -2.37. The smallest absolute Gasteiger partial charge is 0.321 e. The van der Waals surface area contributed by atoms with Gasteiger partial charge in [0.05, 0.1) is 6.04 Å². The summed E-state index contributed by atoms with van der Waals surface area (Å²) in [5, 5.41) is 5.38. The molecule has 0 bridgehead atoms. The van der Waals surface area contributed by atoms with Crippen LogP contribution < -0.4 is 15.5 Å². The first-order chi connectivity index (χ1) is 12.1. The zero-order valence-corrected chi connectivity index (χ0v) is 14.8. The van der Waals surface area contributed by atoms with Crippen LogP contribution in [0.4, 0.5) is 10.6 Å². The molecule has 1 aromatic heterocycles. The standard InChI is InChI=1S/C18H27N5O2/c1-14(17(24)21-18(25)20-15-6-2-3-7-15)22-10-12-23(13-11-22)16-8-4-5-9-19-16/h4-5,8-9,14-15H,2-3,6-7,10-13H2,1H3,(H2,20,21,24,25)/t14-/m1/s1. The van der Waals surface area contributed by atoms with Crippen LogP contribution in [0.3, 0.4) is 0 Å². The summed E-state index contributed by atoms with van der Waals surface area (Å²) in [5.74, 6) is 0.733. The van der Waals surface area contributed by atoms with Crippen LogP contribution in [-0.4, -0.2) is 60.1 Å². The van der Waals surface area contributed by atoms with Gasteiger partial charge >= 0.3 is 6.03 Å². The first-order valence-corrected chi connectivity index (χ1v) is 9.15. The van der Waals surface area contributed by atoms with Crippen LogP contribution in [0.5, 0.6) is 0 Å². The van der Waals surface area contributed by atoms with Crippen molar-refractivity contribution in [2.75, 3.05) is 31.1 Å². The lowest BCUT2D eigenvalue weighted by atomic mass is 10.2. The minimum atomic E-state index is -0.365. The van der Waals surface area contributed by atoms with Crippen molar-refractivity contribution in [3.63, 3.8) is 0 Å². The summed E-state index contributed by atoms with van der Waals surface area (Å²) < 4.78 is 0. The van der Waals surface area contributed by atoms with E-state index in [9.17, 15) is 9.59 Å². The number of aromatic nitrogens is 1. The van der Waals surface area contributed by atoms with Crippen molar-refractivity contribution < 1.29 is 9.59 Å². The number of piperazine rings is 1. The fraction of sp³-hybridized carbons (Fsp3) is 0.611. The number of carbonyl (C=O) groups is 2. The van der Waals surface area contributed by atoms with Gasteiger partial charge in [-0.2, -0.15) is 0 Å². The zero-order valence-electron chi connectivity index (χ0n) is 14.8. The average Bonchev–Trinajstić information content (AvgIpc) is 3.14. The maximum atomic E-state index is 12.3. The highest BCUT2D eigenvalue weighted by Crippen LogP contribution is 2.17. The fourth-order valence-corrected chi connectivity index (χ4v) is 3.55. The van der Waals surface area contributed by atoms with Gasteiger partial charge in [-0.1, -0.05) is 18.9 Å². The zero-order chi connectivity index (χ0) is 17.6. The molecular weight excluding hydrogens is 318 g/mol. The Morgan fingerprint density at radius 1 is 1.16 bits per heavy atom. The van der Waals surface area contributed by atoms with E-state index in [1.54, 1.807) is 6.20 Å². The van der Waals surface area contributed by atoms with Gasteiger partial charge in [0.15, 0.2) is 0 Å². The summed E-state index contributed by atoms with van der Waals surface area (Å²) in [6.07, 6.45) is 6.10. The van der Waals surface area contributed by atoms with Crippen molar-refractivity contribution in [2.24, 2.45) is 0 Å². The summed E-state index contributed by atoms with van der Waals surface area (Å²) in [6, 6.07) is 5.41. The Morgan fingerprint density at radius 3 is 2.52 bits per heavy atom. The minimum Gasteiger partial charge on any atom is -0.354 e. The monoisotopic (exact) mass is 345 g/mol. The molecule has 2 N–H and O–H groups in total. The third kappa shape index (κ3) is 4.69. The highest BCUT2D eigenvalue weighted by atomic mass is 16.2. The van der Waals surface area contributed by atoms with Crippen molar-refractivity contribution >= 4 is 17.8 Å². The number of nitrogens with one attached hydrogen (secondary N) is 2. The van der Waals surface area contributed by atoms with Gasteiger partial charge in [0, 0.05) is 38.4 Å². The SMILES string of the molecule is C[C@H](C(=O)NC(=O)NC1CCCC1)N1CCN(c2ccccn2)CC1. The van der Waals surface area contributed by atoms with Crippen LogP contribution in [0, 0.1) is 0 Å². The number of imide groups is 1. The number of carbonyl (C=O) groups excluding carboxylic acids is 2. The van der Waals surface area contributed by atoms with E-state index in [0.717, 1.165) is 57.7 Å². The summed E-state index contributed by atoms with van der Waals surface area (Å²) in [6.45, 7) is 5.05. The molecule has 1 saturated carbocycles. The molecule has 2 fully saturated rings. The minimum absolute atomic E-state index is 0.213. The Hall–Kier alpha value is -2.15. The Labute approximate surface area is 148 Å². The number of amides is 3. The van der Waals surface area contributed by atoms with Gasteiger partial charge in [-0.3, -0.25) is 15.0 Å². The van der Waals surface area contributed by atoms with Crippen LogP contribution in [0.1, 0.15) is 32.6 Å². The number of rotatable bonds is 4. The second kappa shape index (κ2) is 8.29. The third-order valence-corrected chi connectivity index (χ3v) is 5.14. The Bertz CT molecular complexity index is 580. The largest absolute Gasteiger partial charge is 0.354 e. The quantitative estimate of drug-likeness (QED) is 0.862. The summed E-state index contributed by atoms with van der Waals surface area (Å²) in [7, 11) is 0. The average molecular weight is 345 g/mol. The predicted molar refractivity (Wildman–Crippen MR) is 96.4 cm³/mol. The number of pyridine rings is 1. The first-order valence-electron chi connectivity index (χ1n) is 9.15. The maximum absolute atomic E-state index is 12.3. The molecule has 0 radical (unpaired) electrons. The number of nitrogens with zero attached hydrogens (tertiary/aromatic N) is 3. The number of hydrogen-bond acceptors (Lipinski definition) is 5. The molecule has 2 heterocycles. The molecule has 25 heavy (non-hydrogen) atoms. The number of anilines is 1. The normalized spacial score (nSPS) is 20.3. The van der Waals surface area contributed by atoms with Crippen molar-refractivity contribution in [3.05, 3.63) is 24.4 Å². The molecule has 3 amide bonds. The molecule has 1 aliphatic heterocycles. The van der Waals surface area contributed by atoms with Gasteiger partial charge < -0.3 is 10.2 Å². The van der Waals surface area contributed by atoms with Crippen molar-refractivity contribution in [2.45, 2.75) is 44.7 Å². The molecule has 1 atom stereocenters. The topological polar surface area (TPSA) is 77.6 Å². The fourth-order valence-electron chi connectivity index (χ4n) is 3.55. The van der Waals surface area contributed by atoms with Gasteiger partial charge in [0.2, 0.25) is 5.91 Å². The molecule has 0 aromatic carbocycles. The van der Waals surface area contributed by atoms with Gasteiger partial charge in [-0.25, -0.2) is 9.78 Å². The maximum Gasteiger partial charge on any atom is 0.321 e. The molecule has 1 aromatic rings. The van der Waals surface area contributed by atoms with E-state index >= 15 is 0 Å². The Morgan fingerprint density at radius 2 is 1.88 bits per heavy atom.